The van der Waals surface area contributed by atoms with Gasteiger partial charge in [0.25, 0.3) is 0 Å². The van der Waals surface area contributed by atoms with E-state index < -0.39 is 0 Å². The Labute approximate surface area is 123 Å². The van der Waals surface area contributed by atoms with E-state index >= 15 is 0 Å². The van der Waals surface area contributed by atoms with Gasteiger partial charge in [-0.2, -0.15) is 0 Å². The van der Waals surface area contributed by atoms with Crippen molar-refractivity contribution in [1.29, 1.82) is 0 Å². The second kappa shape index (κ2) is 11.5. The van der Waals surface area contributed by atoms with Crippen molar-refractivity contribution in [2.45, 2.75) is 77.7 Å². The molecule has 2 heteroatoms. The first-order valence-corrected chi connectivity index (χ1v) is 8.96. The number of nitrogens with one attached hydrogen (secondary N) is 1. The van der Waals surface area contributed by atoms with Crippen LogP contribution in [-0.4, -0.2) is 12.6 Å². The van der Waals surface area contributed by atoms with E-state index in [9.17, 15) is 0 Å². The molecule has 1 N–H and O–H groups in total. The monoisotopic (exact) mass is 281 g/mol. The molecule has 0 fully saturated rings. The third-order valence-corrected chi connectivity index (χ3v) is 4.51. The molecule has 0 aliphatic rings. The van der Waals surface area contributed by atoms with Gasteiger partial charge in [-0.1, -0.05) is 57.9 Å². The summed E-state index contributed by atoms with van der Waals surface area (Å²) >= 11 is 1.87. The van der Waals surface area contributed by atoms with Crippen LogP contribution in [0.15, 0.2) is 17.5 Å². The van der Waals surface area contributed by atoms with E-state index in [4.69, 9.17) is 0 Å². The number of rotatable bonds is 12. The van der Waals surface area contributed by atoms with Gasteiger partial charge in [-0.15, -0.1) is 11.3 Å². The van der Waals surface area contributed by atoms with E-state index in [0.29, 0.717) is 6.04 Å². The standard InChI is InChI=1S/C17H31NS/c1-3-4-5-6-7-8-9-10-13-18-16(2)15-17-12-11-14-19-17/h11-12,14,16,18H,3-10,13,15H2,1-2H3. The molecule has 0 aliphatic heterocycles. The largest absolute Gasteiger partial charge is 0.314 e. The molecule has 0 aliphatic carbocycles. The summed E-state index contributed by atoms with van der Waals surface area (Å²) in [6.07, 6.45) is 12.4. The van der Waals surface area contributed by atoms with Crippen LogP contribution in [0.5, 0.6) is 0 Å². The predicted octanol–water partition coefficient (Wildman–Crippen LogP) is 5.41. The van der Waals surface area contributed by atoms with Crippen LogP contribution in [0.4, 0.5) is 0 Å². The first-order chi connectivity index (χ1) is 9.33. The average molecular weight is 282 g/mol. The molecule has 1 aromatic rings. The first-order valence-electron chi connectivity index (χ1n) is 8.08. The molecule has 1 unspecified atom stereocenters. The molecule has 1 nitrogen and oxygen atoms in total. The first kappa shape index (κ1) is 16.7. The van der Waals surface area contributed by atoms with Crippen molar-refractivity contribution in [3.05, 3.63) is 22.4 Å². The van der Waals surface area contributed by atoms with Crippen molar-refractivity contribution in [3.63, 3.8) is 0 Å². The minimum atomic E-state index is 0.614. The number of thiophene rings is 1. The highest BCUT2D eigenvalue weighted by molar-refractivity contribution is 7.09. The van der Waals surface area contributed by atoms with Crippen molar-refractivity contribution in [2.24, 2.45) is 0 Å². The summed E-state index contributed by atoms with van der Waals surface area (Å²) in [6.45, 7) is 5.76. The normalized spacial score (nSPS) is 12.7. The summed E-state index contributed by atoms with van der Waals surface area (Å²) in [6, 6.07) is 4.99. The quantitative estimate of drug-likeness (QED) is 0.505. The fourth-order valence-electron chi connectivity index (χ4n) is 2.41. The summed E-state index contributed by atoms with van der Waals surface area (Å²) < 4.78 is 0. The van der Waals surface area contributed by atoms with Crippen molar-refractivity contribution < 1.29 is 0 Å². The smallest absolute Gasteiger partial charge is 0.00870 e. The van der Waals surface area contributed by atoms with Crippen LogP contribution in [0.3, 0.4) is 0 Å². The highest BCUT2D eigenvalue weighted by Gasteiger charge is 2.02. The maximum Gasteiger partial charge on any atom is 0.00870 e. The summed E-state index contributed by atoms with van der Waals surface area (Å²) in [7, 11) is 0. The van der Waals surface area contributed by atoms with Crippen molar-refractivity contribution in [3.8, 4) is 0 Å². The zero-order valence-corrected chi connectivity index (χ0v) is 13.6. The molecular weight excluding hydrogens is 250 g/mol. The molecule has 0 saturated carbocycles. The minimum Gasteiger partial charge on any atom is -0.314 e. The fourth-order valence-corrected chi connectivity index (χ4v) is 3.25. The highest BCUT2D eigenvalue weighted by atomic mass is 32.1. The van der Waals surface area contributed by atoms with Gasteiger partial charge in [0.05, 0.1) is 0 Å². The summed E-state index contributed by atoms with van der Waals surface area (Å²) in [5, 5.41) is 5.81. The van der Waals surface area contributed by atoms with E-state index in [2.05, 4.69) is 36.7 Å². The molecule has 0 bridgehead atoms. The van der Waals surface area contributed by atoms with Gasteiger partial charge in [0.1, 0.15) is 0 Å². The lowest BCUT2D eigenvalue weighted by Crippen LogP contribution is -2.28. The number of unbranched alkanes of at least 4 members (excludes halogenated alkanes) is 7. The molecule has 0 amide bonds. The minimum absolute atomic E-state index is 0.614. The van der Waals surface area contributed by atoms with Gasteiger partial charge in [-0.3, -0.25) is 0 Å². The van der Waals surface area contributed by atoms with Crippen molar-refractivity contribution in [2.75, 3.05) is 6.54 Å². The van der Waals surface area contributed by atoms with Crippen LogP contribution in [0.2, 0.25) is 0 Å². The Hall–Kier alpha value is -0.340. The van der Waals surface area contributed by atoms with Gasteiger partial charge in [-0.25, -0.2) is 0 Å². The van der Waals surface area contributed by atoms with E-state index in [1.54, 1.807) is 0 Å². The summed E-state index contributed by atoms with van der Waals surface area (Å²) in [5.74, 6) is 0. The van der Waals surface area contributed by atoms with Crippen LogP contribution in [0.1, 0.15) is 70.1 Å². The Bertz CT molecular complexity index is 281. The fraction of sp³-hybridized carbons (Fsp3) is 0.765. The second-order valence-corrected chi connectivity index (χ2v) is 6.65. The Balaban J connectivity index is 1.85. The van der Waals surface area contributed by atoms with E-state index in [-0.39, 0.29) is 0 Å². The van der Waals surface area contributed by atoms with Gasteiger partial charge < -0.3 is 5.32 Å². The molecule has 19 heavy (non-hydrogen) atoms. The van der Waals surface area contributed by atoms with Gasteiger partial charge in [0.15, 0.2) is 0 Å². The maximum atomic E-state index is 3.64. The zero-order chi connectivity index (χ0) is 13.8. The van der Waals surface area contributed by atoms with Gasteiger partial charge >= 0.3 is 0 Å². The SMILES string of the molecule is CCCCCCCCCCNC(C)Cc1cccs1. The molecule has 0 aromatic carbocycles. The zero-order valence-electron chi connectivity index (χ0n) is 12.8. The van der Waals surface area contributed by atoms with Gasteiger partial charge in [0.2, 0.25) is 0 Å². The van der Waals surface area contributed by atoms with E-state index in [1.165, 1.54) is 69.2 Å². The average Bonchev–Trinajstić information content (AvgIpc) is 2.89. The second-order valence-electron chi connectivity index (χ2n) is 5.61. The number of hydrogen-bond acceptors (Lipinski definition) is 2. The van der Waals surface area contributed by atoms with Crippen LogP contribution in [-0.2, 0) is 6.42 Å². The molecular formula is C17H31NS. The van der Waals surface area contributed by atoms with Crippen LogP contribution < -0.4 is 5.32 Å². The molecule has 0 radical (unpaired) electrons. The van der Waals surface area contributed by atoms with Crippen LogP contribution >= 0.6 is 11.3 Å². The third-order valence-electron chi connectivity index (χ3n) is 3.61. The molecule has 110 valence electrons. The Morgan fingerprint density at radius 3 is 2.37 bits per heavy atom. The van der Waals surface area contributed by atoms with Gasteiger partial charge in [0, 0.05) is 10.9 Å². The molecule has 1 atom stereocenters. The maximum absolute atomic E-state index is 3.64. The predicted molar refractivity (Wildman–Crippen MR) is 88.1 cm³/mol. The molecule has 0 spiro atoms. The van der Waals surface area contributed by atoms with Crippen LogP contribution in [0.25, 0.3) is 0 Å². The lowest BCUT2D eigenvalue weighted by atomic mass is 10.1. The van der Waals surface area contributed by atoms with Crippen molar-refractivity contribution >= 4 is 11.3 Å². The molecule has 1 heterocycles. The Morgan fingerprint density at radius 1 is 1.05 bits per heavy atom. The molecule has 1 aromatic heterocycles. The summed E-state index contributed by atoms with van der Waals surface area (Å²) in [4.78, 5) is 1.50. The summed E-state index contributed by atoms with van der Waals surface area (Å²) in [5.41, 5.74) is 0. The third kappa shape index (κ3) is 9.23. The van der Waals surface area contributed by atoms with Crippen LogP contribution in [0, 0.1) is 0 Å². The highest BCUT2D eigenvalue weighted by Crippen LogP contribution is 2.11. The van der Waals surface area contributed by atoms with Gasteiger partial charge in [-0.05, 0) is 37.8 Å². The van der Waals surface area contributed by atoms with Crippen molar-refractivity contribution in [1.82, 2.24) is 5.32 Å². The van der Waals surface area contributed by atoms with E-state index in [0.717, 1.165) is 0 Å². The Kier molecular flexibility index (Phi) is 10.1. The number of hydrogen-bond donors (Lipinski definition) is 1. The lowest BCUT2D eigenvalue weighted by Gasteiger charge is -2.12. The Morgan fingerprint density at radius 2 is 1.74 bits per heavy atom. The molecule has 1 rings (SSSR count). The van der Waals surface area contributed by atoms with E-state index in [1.807, 2.05) is 11.3 Å². The molecule has 0 saturated heterocycles. The lowest BCUT2D eigenvalue weighted by molar-refractivity contribution is 0.509. The topological polar surface area (TPSA) is 12.0 Å².